The minimum absolute atomic E-state index is 0.0331. The molecule has 0 unspecified atom stereocenters. The number of pyridine rings is 3. The highest BCUT2D eigenvalue weighted by Gasteiger charge is 2.41. The number of hydrogen-bond donors (Lipinski definition) is 0. The lowest BCUT2D eigenvalue weighted by molar-refractivity contribution is 0.447. The summed E-state index contributed by atoms with van der Waals surface area (Å²) < 4.78 is 8.67. The Labute approximate surface area is 339 Å². The summed E-state index contributed by atoms with van der Waals surface area (Å²) in [5.74, 6) is 2.50. The van der Waals surface area contributed by atoms with E-state index in [2.05, 4.69) is 187 Å². The number of ether oxygens (including phenoxy) is 1. The zero-order valence-corrected chi connectivity index (χ0v) is 32.9. The van der Waals surface area contributed by atoms with Gasteiger partial charge in [0.2, 0.25) is 11.8 Å². The van der Waals surface area contributed by atoms with Crippen LogP contribution >= 0.6 is 0 Å². The monoisotopic (exact) mass is 752 g/mol. The maximum absolute atomic E-state index is 6.54. The molecule has 0 bridgehead atoms. The molecule has 4 aromatic heterocycles. The molecule has 0 saturated heterocycles. The topological polar surface area (TPSA) is 59.3 Å². The molecular formula is C50H41BN6O. The fourth-order valence-corrected chi connectivity index (χ4v) is 8.34. The van der Waals surface area contributed by atoms with Crippen molar-refractivity contribution in [1.82, 2.24) is 19.5 Å². The highest BCUT2D eigenvalue weighted by Crippen LogP contribution is 2.51. The molecule has 8 heteroatoms. The van der Waals surface area contributed by atoms with E-state index in [0.29, 0.717) is 11.8 Å². The van der Waals surface area contributed by atoms with Gasteiger partial charge in [0.1, 0.15) is 11.6 Å². The number of rotatable bonds is 7. The van der Waals surface area contributed by atoms with Gasteiger partial charge < -0.3 is 14.4 Å². The van der Waals surface area contributed by atoms with E-state index >= 15 is 0 Å². The first-order valence-corrected chi connectivity index (χ1v) is 19.8. The van der Waals surface area contributed by atoms with Gasteiger partial charge in [0, 0.05) is 45.9 Å². The Morgan fingerprint density at radius 2 is 1.16 bits per heavy atom. The first kappa shape index (κ1) is 35.2. The van der Waals surface area contributed by atoms with E-state index in [1.807, 2.05) is 30.5 Å². The molecule has 0 saturated carbocycles. The number of benzene rings is 5. The van der Waals surface area contributed by atoms with Crippen molar-refractivity contribution in [1.29, 1.82) is 0 Å². The molecule has 0 atom stereocenters. The van der Waals surface area contributed by atoms with E-state index in [1.165, 1.54) is 5.56 Å². The van der Waals surface area contributed by atoms with E-state index in [9.17, 15) is 0 Å². The second-order valence-corrected chi connectivity index (χ2v) is 15.8. The molecule has 5 heterocycles. The van der Waals surface area contributed by atoms with E-state index in [0.717, 1.165) is 72.9 Å². The molecule has 0 aliphatic carbocycles. The van der Waals surface area contributed by atoms with Gasteiger partial charge in [-0.05, 0) is 71.4 Å². The molecule has 7 nitrogen and oxygen atoms in total. The van der Waals surface area contributed by atoms with Crippen molar-refractivity contribution in [3.8, 4) is 39.8 Å². The van der Waals surface area contributed by atoms with Gasteiger partial charge in [-0.3, -0.25) is 4.57 Å². The fraction of sp³-hybridized carbons (Fsp3) is 0.100. The van der Waals surface area contributed by atoms with Crippen LogP contribution in [-0.4, -0.2) is 26.5 Å². The van der Waals surface area contributed by atoms with E-state index in [-0.39, 0.29) is 12.4 Å². The predicted octanol–water partition coefficient (Wildman–Crippen LogP) is 12.8. The van der Waals surface area contributed by atoms with Crippen LogP contribution in [-0.2, 0) is 5.41 Å². The number of hydrogen-bond acceptors (Lipinski definition) is 6. The van der Waals surface area contributed by atoms with E-state index in [4.69, 9.17) is 19.7 Å². The Kier molecular flexibility index (Phi) is 8.56. The van der Waals surface area contributed by atoms with Crippen LogP contribution in [0.1, 0.15) is 26.3 Å². The molecular weight excluding hydrogens is 711 g/mol. The first-order valence-electron chi connectivity index (χ1n) is 19.8. The van der Waals surface area contributed by atoms with Crippen molar-refractivity contribution in [2.75, 3.05) is 9.62 Å². The van der Waals surface area contributed by atoms with Crippen LogP contribution in [0.4, 0.5) is 22.9 Å². The molecule has 5 aromatic carbocycles. The molecule has 1 aliphatic rings. The molecule has 0 N–H and O–H groups in total. The number of nitrogens with zero attached hydrogens (tertiary/aromatic N) is 6. The first-order chi connectivity index (χ1) is 28.3. The third-order valence-electron chi connectivity index (χ3n) is 11.1. The largest absolute Gasteiger partial charge is 0.421 e. The number of anilines is 4. The Bertz CT molecular complexity index is 2900. The SMILES string of the molecule is CB1N(c2cccc(Oc3ccc4c5ccccc5n(-c5cc(C(C)(C)C)ccn5)c4n3)n2)c2ccccc2N1c1c(-c2ccccc2)cccc1-c1ccccc1. The van der Waals surface area contributed by atoms with Crippen LogP contribution < -0.4 is 14.4 Å². The van der Waals surface area contributed by atoms with Crippen LogP contribution in [0, 0.1) is 0 Å². The quantitative estimate of drug-likeness (QED) is 0.151. The number of para-hydroxylation sites is 4. The highest BCUT2D eigenvalue weighted by atomic mass is 16.5. The van der Waals surface area contributed by atoms with Crippen LogP contribution in [0.5, 0.6) is 11.8 Å². The predicted molar refractivity (Wildman–Crippen MR) is 239 cm³/mol. The zero-order valence-electron chi connectivity index (χ0n) is 32.9. The normalized spacial score (nSPS) is 12.7. The second-order valence-electron chi connectivity index (χ2n) is 15.8. The summed E-state index contributed by atoms with van der Waals surface area (Å²) in [7, 11) is 0. The standard InChI is InChI=1S/C50H41BN6O/c1-50(2,3)36-31-32-52-45(33-36)55-41-24-12-11-21-39(41)40-29-30-47(54-49(40)55)58-46-28-16-27-44(53-46)56-42-25-13-14-26-43(42)57(51(56)4)48-37(34-17-7-5-8-18-34)22-15-23-38(48)35-19-9-6-10-20-35/h5-33H,1-4H3. The Hall–Kier alpha value is -7.19. The summed E-state index contributed by atoms with van der Waals surface area (Å²) in [6, 6.07) is 59.0. The van der Waals surface area contributed by atoms with Gasteiger partial charge in [-0.2, -0.15) is 9.97 Å². The van der Waals surface area contributed by atoms with Crippen molar-refractivity contribution in [2.24, 2.45) is 0 Å². The fourth-order valence-electron chi connectivity index (χ4n) is 8.34. The van der Waals surface area contributed by atoms with Gasteiger partial charge in [0.15, 0.2) is 5.65 Å². The van der Waals surface area contributed by atoms with Crippen molar-refractivity contribution >= 4 is 51.8 Å². The molecule has 1 aliphatic heterocycles. The van der Waals surface area contributed by atoms with Gasteiger partial charge in [-0.25, -0.2) is 4.98 Å². The summed E-state index contributed by atoms with van der Waals surface area (Å²) in [6.45, 7) is 8.76. The molecule has 58 heavy (non-hydrogen) atoms. The third-order valence-corrected chi connectivity index (χ3v) is 11.1. The number of fused-ring (bicyclic) bond motifs is 4. The Balaban J connectivity index is 1.05. The summed E-state index contributed by atoms with van der Waals surface area (Å²) in [6.07, 6.45) is 1.88. The van der Waals surface area contributed by atoms with Gasteiger partial charge in [0.25, 0.3) is 0 Å². The van der Waals surface area contributed by atoms with E-state index in [1.54, 1.807) is 0 Å². The molecule has 9 aromatic rings. The Morgan fingerprint density at radius 1 is 0.534 bits per heavy atom. The minimum atomic E-state index is -0.131. The minimum Gasteiger partial charge on any atom is -0.421 e. The molecule has 280 valence electrons. The van der Waals surface area contributed by atoms with Crippen LogP contribution in [0.15, 0.2) is 176 Å². The van der Waals surface area contributed by atoms with Crippen LogP contribution in [0.25, 0.3) is 50.0 Å². The summed E-state index contributed by atoms with van der Waals surface area (Å²) in [5.41, 5.74) is 10.9. The van der Waals surface area contributed by atoms with Gasteiger partial charge in [-0.15, -0.1) is 0 Å². The maximum atomic E-state index is 6.54. The van der Waals surface area contributed by atoms with Crippen molar-refractivity contribution in [3.05, 3.63) is 182 Å². The molecule has 0 fully saturated rings. The lowest BCUT2D eigenvalue weighted by Gasteiger charge is -2.30. The van der Waals surface area contributed by atoms with Crippen molar-refractivity contribution in [2.45, 2.75) is 33.0 Å². The van der Waals surface area contributed by atoms with Crippen molar-refractivity contribution in [3.63, 3.8) is 0 Å². The molecule has 10 rings (SSSR count). The highest BCUT2D eigenvalue weighted by molar-refractivity contribution is 6.72. The summed E-state index contributed by atoms with van der Waals surface area (Å²) in [5, 5.41) is 2.14. The number of aromatic nitrogens is 4. The van der Waals surface area contributed by atoms with Gasteiger partial charge in [0.05, 0.1) is 16.9 Å². The zero-order chi connectivity index (χ0) is 39.4. The second kappa shape index (κ2) is 14.1. The summed E-state index contributed by atoms with van der Waals surface area (Å²) in [4.78, 5) is 19.8. The van der Waals surface area contributed by atoms with E-state index < -0.39 is 0 Å². The smallest absolute Gasteiger partial charge is 0.382 e. The average molecular weight is 753 g/mol. The summed E-state index contributed by atoms with van der Waals surface area (Å²) >= 11 is 0. The lowest BCUT2D eigenvalue weighted by Crippen LogP contribution is -2.41. The maximum Gasteiger partial charge on any atom is 0.382 e. The van der Waals surface area contributed by atoms with Gasteiger partial charge in [-0.1, -0.05) is 136 Å². The van der Waals surface area contributed by atoms with Crippen molar-refractivity contribution < 1.29 is 4.74 Å². The molecule has 0 spiro atoms. The molecule has 0 amide bonds. The Morgan fingerprint density at radius 3 is 1.86 bits per heavy atom. The average Bonchev–Trinajstić information content (AvgIpc) is 3.74. The van der Waals surface area contributed by atoms with Crippen LogP contribution in [0.2, 0.25) is 6.82 Å². The van der Waals surface area contributed by atoms with Crippen LogP contribution in [0.3, 0.4) is 0 Å². The third kappa shape index (κ3) is 6.05. The van der Waals surface area contributed by atoms with Gasteiger partial charge >= 0.3 is 6.98 Å². The molecule has 0 radical (unpaired) electrons. The lowest BCUT2D eigenvalue weighted by atomic mass is 9.74.